The molecule has 0 atom stereocenters. The third-order valence-electron chi connectivity index (χ3n) is 1.31. The van der Waals surface area contributed by atoms with E-state index in [2.05, 4.69) is 24.4 Å². The first-order valence-corrected chi connectivity index (χ1v) is 3.07. The number of hydrogen-bond acceptors (Lipinski definition) is 1. The Morgan fingerprint density at radius 3 is 2.40 bits per heavy atom. The fourth-order valence-electron chi connectivity index (χ4n) is 0.801. The van der Waals surface area contributed by atoms with Gasteiger partial charge in [-0.25, -0.2) is 0 Å². The molecule has 0 heterocycles. The van der Waals surface area contributed by atoms with E-state index in [-0.39, 0.29) is 12.4 Å². The predicted octanol–water partition coefficient (Wildman–Crippen LogP) is 2.46. The van der Waals surface area contributed by atoms with Crippen LogP contribution in [0.3, 0.4) is 0 Å². The number of nitrogens with one attached hydrogen (secondary N) is 1. The molecule has 2 heteroatoms. The normalized spacial score (nSPS) is 8.20. The van der Waals surface area contributed by atoms with E-state index in [9.17, 15) is 0 Å². The van der Waals surface area contributed by atoms with Crippen LogP contribution in [0.1, 0.15) is 5.56 Å². The Morgan fingerprint density at radius 2 is 2.00 bits per heavy atom. The Balaban J connectivity index is 0.000000810. The molecule has 0 amide bonds. The van der Waals surface area contributed by atoms with Crippen LogP contribution in [0.25, 0.3) is 0 Å². The van der Waals surface area contributed by atoms with Crippen molar-refractivity contribution >= 4 is 18.1 Å². The third-order valence-corrected chi connectivity index (χ3v) is 1.31. The number of aryl methyl sites for hydroxylation is 1. The van der Waals surface area contributed by atoms with E-state index in [1.807, 2.05) is 19.2 Å². The predicted molar refractivity (Wildman–Crippen MR) is 48.0 cm³/mol. The first-order chi connectivity index (χ1) is 4.33. The van der Waals surface area contributed by atoms with Gasteiger partial charge in [0.15, 0.2) is 0 Å². The molecule has 10 heavy (non-hydrogen) atoms. The Bertz CT molecular complexity index is 198. The van der Waals surface area contributed by atoms with Crippen LogP contribution < -0.4 is 5.32 Å². The van der Waals surface area contributed by atoms with Gasteiger partial charge in [-0.1, -0.05) is 12.1 Å². The molecule has 0 unspecified atom stereocenters. The summed E-state index contributed by atoms with van der Waals surface area (Å²) in [5.74, 6) is 0. The maximum atomic E-state index is 3.07. The van der Waals surface area contributed by atoms with Crippen LogP contribution in [-0.2, 0) is 0 Å². The quantitative estimate of drug-likeness (QED) is 0.661. The smallest absolute Gasteiger partial charge is 0.0340 e. The molecule has 1 nitrogen and oxygen atoms in total. The molecular weight excluding hydrogens is 146 g/mol. The van der Waals surface area contributed by atoms with Crippen molar-refractivity contribution in [2.75, 3.05) is 12.4 Å². The summed E-state index contributed by atoms with van der Waals surface area (Å²) in [7, 11) is 1.93. The maximum absolute atomic E-state index is 3.07. The van der Waals surface area contributed by atoms with E-state index in [0.29, 0.717) is 0 Å². The molecule has 0 aliphatic carbocycles. The van der Waals surface area contributed by atoms with E-state index in [0.717, 1.165) is 0 Å². The molecule has 1 aromatic rings. The van der Waals surface area contributed by atoms with Gasteiger partial charge in [0.05, 0.1) is 0 Å². The Morgan fingerprint density at radius 1 is 1.30 bits per heavy atom. The van der Waals surface area contributed by atoms with Gasteiger partial charge in [-0.3, -0.25) is 0 Å². The highest BCUT2D eigenvalue weighted by atomic mass is 35.5. The van der Waals surface area contributed by atoms with E-state index in [4.69, 9.17) is 0 Å². The van der Waals surface area contributed by atoms with Crippen molar-refractivity contribution in [3.05, 3.63) is 29.8 Å². The molecule has 0 saturated heterocycles. The van der Waals surface area contributed by atoms with Crippen molar-refractivity contribution in [3.63, 3.8) is 0 Å². The summed E-state index contributed by atoms with van der Waals surface area (Å²) in [5, 5.41) is 3.07. The fourth-order valence-corrected chi connectivity index (χ4v) is 0.801. The highest BCUT2D eigenvalue weighted by Gasteiger charge is 1.84. The molecule has 1 rings (SSSR count). The van der Waals surface area contributed by atoms with Crippen LogP contribution in [0.5, 0.6) is 0 Å². The molecular formula is C8H12ClN. The summed E-state index contributed by atoms with van der Waals surface area (Å²) in [6.07, 6.45) is 0. The molecule has 0 fully saturated rings. The number of anilines is 1. The van der Waals surface area contributed by atoms with Crippen molar-refractivity contribution in [2.24, 2.45) is 0 Å². The summed E-state index contributed by atoms with van der Waals surface area (Å²) in [6, 6.07) is 8.29. The molecule has 0 aliphatic rings. The van der Waals surface area contributed by atoms with Crippen LogP contribution in [-0.4, -0.2) is 7.05 Å². The highest BCUT2D eigenvalue weighted by molar-refractivity contribution is 5.85. The van der Waals surface area contributed by atoms with Gasteiger partial charge in [0.2, 0.25) is 0 Å². The Kier molecular flexibility index (Phi) is 3.89. The molecule has 0 spiro atoms. The number of hydrogen-bond donors (Lipinski definition) is 1. The fraction of sp³-hybridized carbons (Fsp3) is 0.250. The second-order valence-electron chi connectivity index (χ2n) is 2.12. The molecule has 1 N–H and O–H groups in total. The number of benzene rings is 1. The lowest BCUT2D eigenvalue weighted by Crippen LogP contribution is -1.86. The summed E-state index contributed by atoms with van der Waals surface area (Å²) < 4.78 is 0. The Labute approximate surface area is 67.9 Å². The molecule has 0 saturated carbocycles. The van der Waals surface area contributed by atoms with Gasteiger partial charge in [0.1, 0.15) is 0 Å². The zero-order valence-electron chi connectivity index (χ0n) is 6.22. The van der Waals surface area contributed by atoms with Crippen LogP contribution in [0.15, 0.2) is 24.3 Å². The van der Waals surface area contributed by atoms with Gasteiger partial charge >= 0.3 is 0 Å². The van der Waals surface area contributed by atoms with Gasteiger partial charge in [0, 0.05) is 12.7 Å². The topological polar surface area (TPSA) is 12.0 Å². The van der Waals surface area contributed by atoms with Gasteiger partial charge in [-0.05, 0) is 24.6 Å². The monoisotopic (exact) mass is 157 g/mol. The van der Waals surface area contributed by atoms with Crippen LogP contribution in [0, 0.1) is 6.92 Å². The van der Waals surface area contributed by atoms with Gasteiger partial charge in [0.25, 0.3) is 0 Å². The molecule has 0 aromatic heterocycles. The highest BCUT2D eigenvalue weighted by Crippen LogP contribution is 2.07. The van der Waals surface area contributed by atoms with Gasteiger partial charge in [-0.2, -0.15) is 0 Å². The lowest BCUT2D eigenvalue weighted by Gasteiger charge is -1.98. The minimum Gasteiger partial charge on any atom is -0.388 e. The zero-order chi connectivity index (χ0) is 6.69. The van der Waals surface area contributed by atoms with Crippen LogP contribution in [0.4, 0.5) is 5.69 Å². The zero-order valence-corrected chi connectivity index (χ0v) is 7.03. The molecule has 0 radical (unpaired) electrons. The second kappa shape index (κ2) is 4.18. The number of halogens is 1. The summed E-state index contributed by atoms with van der Waals surface area (Å²) in [6.45, 7) is 2.08. The van der Waals surface area contributed by atoms with Gasteiger partial charge in [-0.15, -0.1) is 12.4 Å². The minimum absolute atomic E-state index is 0. The van der Waals surface area contributed by atoms with Crippen LogP contribution in [0.2, 0.25) is 0 Å². The summed E-state index contributed by atoms with van der Waals surface area (Å²) in [4.78, 5) is 0. The van der Waals surface area contributed by atoms with Crippen molar-refractivity contribution in [3.8, 4) is 0 Å². The standard InChI is InChI=1S/C8H11N.ClH/c1-7-4-3-5-8(6-7)9-2;/h3-6,9H,1-2H3;1H. The lowest BCUT2D eigenvalue weighted by atomic mass is 10.2. The SMILES string of the molecule is CNc1cccc(C)c1.Cl. The Hall–Kier alpha value is -0.690. The minimum atomic E-state index is 0. The second-order valence-corrected chi connectivity index (χ2v) is 2.12. The van der Waals surface area contributed by atoms with Crippen molar-refractivity contribution in [1.82, 2.24) is 0 Å². The maximum Gasteiger partial charge on any atom is 0.0340 e. The van der Waals surface area contributed by atoms with E-state index < -0.39 is 0 Å². The average Bonchev–Trinajstić information content (AvgIpc) is 1.88. The van der Waals surface area contributed by atoms with E-state index >= 15 is 0 Å². The first kappa shape index (κ1) is 9.31. The molecule has 1 aromatic carbocycles. The van der Waals surface area contributed by atoms with Crippen LogP contribution >= 0.6 is 12.4 Å². The molecule has 0 bridgehead atoms. The van der Waals surface area contributed by atoms with Gasteiger partial charge < -0.3 is 5.32 Å². The summed E-state index contributed by atoms with van der Waals surface area (Å²) in [5.41, 5.74) is 2.47. The van der Waals surface area contributed by atoms with Crippen molar-refractivity contribution in [1.29, 1.82) is 0 Å². The van der Waals surface area contributed by atoms with Crippen molar-refractivity contribution < 1.29 is 0 Å². The number of rotatable bonds is 1. The largest absolute Gasteiger partial charge is 0.388 e. The molecule has 56 valence electrons. The van der Waals surface area contributed by atoms with E-state index in [1.54, 1.807) is 0 Å². The summed E-state index contributed by atoms with van der Waals surface area (Å²) >= 11 is 0. The average molecular weight is 158 g/mol. The van der Waals surface area contributed by atoms with Crippen molar-refractivity contribution in [2.45, 2.75) is 6.92 Å². The third kappa shape index (κ3) is 2.28. The lowest BCUT2D eigenvalue weighted by molar-refractivity contribution is 1.43. The first-order valence-electron chi connectivity index (χ1n) is 3.07. The van der Waals surface area contributed by atoms with E-state index in [1.165, 1.54) is 11.3 Å². The molecule has 0 aliphatic heterocycles.